The van der Waals surface area contributed by atoms with Crippen molar-refractivity contribution in [1.29, 1.82) is 0 Å². The van der Waals surface area contributed by atoms with E-state index in [2.05, 4.69) is 0 Å². The monoisotopic (exact) mass is 262 g/mol. The summed E-state index contributed by atoms with van der Waals surface area (Å²) in [6.45, 7) is 6.10. The van der Waals surface area contributed by atoms with Crippen LogP contribution in [0.3, 0.4) is 0 Å². The summed E-state index contributed by atoms with van der Waals surface area (Å²) in [5.74, 6) is -0.451. The van der Waals surface area contributed by atoms with Crippen molar-refractivity contribution in [3.63, 3.8) is 0 Å². The van der Waals surface area contributed by atoms with Gasteiger partial charge >= 0.3 is 0 Å². The topological polar surface area (TPSA) is 80.5 Å². The highest BCUT2D eigenvalue weighted by atomic mass is 32.2. The number of carbonyl (C=O) groups excluding carboxylic acids is 1. The van der Waals surface area contributed by atoms with Gasteiger partial charge in [0.15, 0.2) is 9.84 Å². The largest absolute Gasteiger partial charge is 0.342 e. The fraction of sp³-hybridized carbons (Fsp3) is 0.909. The molecule has 0 saturated carbocycles. The van der Waals surface area contributed by atoms with Crippen molar-refractivity contribution in [3.8, 4) is 0 Å². The summed E-state index contributed by atoms with van der Waals surface area (Å²) in [7, 11) is -3.47. The number of hydrogen-bond donors (Lipinski definition) is 1. The maximum absolute atomic E-state index is 12.0. The van der Waals surface area contributed by atoms with Crippen molar-refractivity contribution in [2.45, 2.75) is 44.4 Å². The van der Waals surface area contributed by atoms with Crippen LogP contribution in [0.1, 0.15) is 33.6 Å². The lowest BCUT2D eigenvalue weighted by atomic mass is 10.1. The molecule has 0 radical (unpaired) electrons. The zero-order valence-corrected chi connectivity index (χ0v) is 11.6. The first-order chi connectivity index (χ1) is 7.63. The van der Waals surface area contributed by atoms with E-state index in [4.69, 9.17) is 5.73 Å². The van der Waals surface area contributed by atoms with Crippen molar-refractivity contribution in [3.05, 3.63) is 0 Å². The third-order valence-electron chi connectivity index (χ3n) is 2.88. The van der Waals surface area contributed by atoms with Crippen LogP contribution in [0.25, 0.3) is 0 Å². The molecular formula is C11H22N2O3S. The Kier molecular flexibility index (Phi) is 4.19. The molecule has 1 amide bonds. The number of rotatable bonds is 4. The molecule has 1 atom stereocenters. The Hall–Kier alpha value is -0.620. The van der Waals surface area contributed by atoms with Crippen molar-refractivity contribution < 1.29 is 13.2 Å². The van der Waals surface area contributed by atoms with Crippen molar-refractivity contribution >= 4 is 15.7 Å². The quantitative estimate of drug-likeness (QED) is 0.782. The normalized spacial score (nSPS) is 19.4. The van der Waals surface area contributed by atoms with Crippen LogP contribution in [-0.4, -0.2) is 48.9 Å². The minimum atomic E-state index is -3.47. The molecule has 1 fully saturated rings. The second-order valence-electron chi connectivity index (χ2n) is 5.47. The van der Waals surface area contributed by atoms with Gasteiger partial charge < -0.3 is 10.6 Å². The van der Waals surface area contributed by atoms with Crippen LogP contribution in [-0.2, 0) is 14.6 Å². The molecular weight excluding hydrogens is 240 g/mol. The van der Waals surface area contributed by atoms with E-state index >= 15 is 0 Å². The number of likely N-dealkylation sites (tertiary alicyclic amines) is 1. The zero-order chi connectivity index (χ0) is 13.3. The van der Waals surface area contributed by atoms with Crippen LogP contribution in [0.5, 0.6) is 0 Å². The first-order valence-corrected chi connectivity index (χ1v) is 7.64. The van der Waals surface area contributed by atoms with E-state index in [0.717, 1.165) is 12.8 Å². The van der Waals surface area contributed by atoms with Crippen molar-refractivity contribution in [2.75, 3.05) is 18.8 Å². The SMILES string of the molecule is CC(C(=O)N1CCCC1)S(=O)(=O)CC(C)(C)N. The van der Waals surface area contributed by atoms with Crippen molar-refractivity contribution in [2.24, 2.45) is 5.73 Å². The molecule has 5 nitrogen and oxygen atoms in total. The highest BCUT2D eigenvalue weighted by Crippen LogP contribution is 2.15. The van der Waals surface area contributed by atoms with E-state index in [1.807, 2.05) is 0 Å². The Morgan fingerprint density at radius 3 is 2.24 bits per heavy atom. The first kappa shape index (κ1) is 14.4. The summed E-state index contributed by atoms with van der Waals surface area (Å²) in [5.41, 5.74) is 4.90. The molecule has 0 aromatic heterocycles. The van der Waals surface area contributed by atoms with Gasteiger partial charge in [-0.25, -0.2) is 8.42 Å². The summed E-state index contributed by atoms with van der Waals surface area (Å²) in [6, 6.07) is 0. The van der Waals surface area contributed by atoms with Crippen LogP contribution in [0.2, 0.25) is 0 Å². The Balaban J connectivity index is 2.74. The molecule has 0 bridgehead atoms. The van der Waals surface area contributed by atoms with Gasteiger partial charge in [-0.15, -0.1) is 0 Å². The summed E-state index contributed by atoms with van der Waals surface area (Å²) in [4.78, 5) is 13.6. The average Bonchev–Trinajstić information content (AvgIpc) is 2.64. The smallest absolute Gasteiger partial charge is 0.240 e. The molecule has 6 heteroatoms. The Labute approximate surface area is 103 Å². The highest BCUT2D eigenvalue weighted by Gasteiger charge is 2.35. The van der Waals surface area contributed by atoms with Crippen molar-refractivity contribution in [1.82, 2.24) is 4.90 Å². The van der Waals surface area contributed by atoms with Gasteiger partial charge in [0.1, 0.15) is 5.25 Å². The minimum absolute atomic E-state index is 0.166. The number of nitrogens with two attached hydrogens (primary N) is 1. The average molecular weight is 262 g/mol. The Bertz CT molecular complexity index is 378. The van der Waals surface area contributed by atoms with Gasteiger partial charge in [0.2, 0.25) is 5.91 Å². The predicted molar refractivity (Wildman–Crippen MR) is 67.3 cm³/mol. The highest BCUT2D eigenvalue weighted by molar-refractivity contribution is 7.92. The summed E-state index contributed by atoms with van der Waals surface area (Å²) < 4.78 is 24.0. The fourth-order valence-electron chi connectivity index (χ4n) is 1.99. The third-order valence-corrected chi connectivity index (χ3v) is 5.30. The molecule has 0 aromatic rings. The van der Waals surface area contributed by atoms with E-state index in [1.165, 1.54) is 6.92 Å². The number of sulfone groups is 1. The molecule has 17 heavy (non-hydrogen) atoms. The van der Waals surface area contributed by atoms with E-state index in [9.17, 15) is 13.2 Å². The van der Waals surface area contributed by atoms with Crippen LogP contribution in [0.4, 0.5) is 0 Å². The van der Waals surface area contributed by atoms with Gasteiger partial charge in [0, 0.05) is 18.6 Å². The molecule has 0 spiro atoms. The number of nitrogens with zero attached hydrogens (tertiary/aromatic N) is 1. The van der Waals surface area contributed by atoms with Gasteiger partial charge in [-0.2, -0.15) is 0 Å². The maximum atomic E-state index is 12.0. The molecule has 1 aliphatic heterocycles. The Morgan fingerprint density at radius 1 is 1.35 bits per heavy atom. The van der Waals surface area contributed by atoms with E-state index in [1.54, 1.807) is 18.7 Å². The molecule has 100 valence electrons. The zero-order valence-electron chi connectivity index (χ0n) is 10.8. The molecule has 1 unspecified atom stereocenters. The maximum Gasteiger partial charge on any atom is 0.240 e. The minimum Gasteiger partial charge on any atom is -0.342 e. The van der Waals surface area contributed by atoms with Gasteiger partial charge in [0.05, 0.1) is 5.75 Å². The summed E-state index contributed by atoms with van der Waals surface area (Å²) in [5, 5.41) is -0.983. The first-order valence-electron chi connectivity index (χ1n) is 5.93. The molecule has 1 heterocycles. The lowest BCUT2D eigenvalue weighted by Crippen LogP contribution is -2.47. The van der Waals surface area contributed by atoms with Gasteiger partial charge in [-0.05, 0) is 33.6 Å². The van der Waals surface area contributed by atoms with Gasteiger partial charge in [-0.3, -0.25) is 4.79 Å². The standard InChI is InChI=1S/C11H22N2O3S/c1-9(10(14)13-6-4-5-7-13)17(15,16)8-11(2,3)12/h9H,4-8,12H2,1-3H3. The number of amides is 1. The fourth-order valence-corrected chi connectivity index (χ4v) is 3.74. The van der Waals surface area contributed by atoms with E-state index in [0.29, 0.717) is 13.1 Å². The molecule has 0 aromatic carbocycles. The van der Waals surface area contributed by atoms with E-state index < -0.39 is 20.6 Å². The number of carbonyl (C=O) groups is 1. The van der Waals surface area contributed by atoms with Crippen LogP contribution < -0.4 is 5.73 Å². The second-order valence-corrected chi connectivity index (χ2v) is 7.79. The van der Waals surface area contributed by atoms with Crippen LogP contribution in [0, 0.1) is 0 Å². The van der Waals surface area contributed by atoms with Gasteiger partial charge in [-0.1, -0.05) is 0 Å². The summed E-state index contributed by atoms with van der Waals surface area (Å²) >= 11 is 0. The molecule has 1 aliphatic rings. The third kappa shape index (κ3) is 3.96. The number of hydrogen-bond acceptors (Lipinski definition) is 4. The predicted octanol–water partition coefficient (Wildman–Crippen LogP) is 0.149. The van der Waals surface area contributed by atoms with Crippen LogP contribution in [0.15, 0.2) is 0 Å². The summed E-state index contributed by atoms with van der Waals surface area (Å²) in [6.07, 6.45) is 1.92. The second kappa shape index (κ2) is 4.94. The van der Waals surface area contributed by atoms with E-state index in [-0.39, 0.29) is 11.7 Å². The molecule has 2 N–H and O–H groups in total. The lowest BCUT2D eigenvalue weighted by molar-refractivity contribution is -0.129. The van der Waals surface area contributed by atoms with Gasteiger partial charge in [0.25, 0.3) is 0 Å². The molecule has 0 aliphatic carbocycles. The van der Waals surface area contributed by atoms with Crippen LogP contribution >= 0.6 is 0 Å². The molecule has 1 rings (SSSR count). The lowest BCUT2D eigenvalue weighted by Gasteiger charge is -2.24. The Morgan fingerprint density at radius 2 is 1.82 bits per heavy atom. The molecule has 1 saturated heterocycles.